The maximum atomic E-state index is 12.6. The molecule has 0 amide bonds. The van der Waals surface area contributed by atoms with Crippen molar-refractivity contribution >= 4 is 0 Å². The van der Waals surface area contributed by atoms with E-state index in [4.69, 9.17) is 5.73 Å². The van der Waals surface area contributed by atoms with Gasteiger partial charge in [0.1, 0.15) is 0 Å². The molecule has 0 bridgehead atoms. The molecule has 118 valence electrons. The summed E-state index contributed by atoms with van der Waals surface area (Å²) in [7, 11) is 2.09. The number of rotatable bonds is 4. The van der Waals surface area contributed by atoms with Crippen molar-refractivity contribution in [3.63, 3.8) is 0 Å². The van der Waals surface area contributed by atoms with Gasteiger partial charge in [0.2, 0.25) is 0 Å². The molecule has 1 fully saturated rings. The third-order valence-electron chi connectivity index (χ3n) is 4.07. The first-order valence-electron chi connectivity index (χ1n) is 7.18. The summed E-state index contributed by atoms with van der Waals surface area (Å²) in [4.78, 5) is 4.60. The topological polar surface area (TPSA) is 32.5 Å². The van der Waals surface area contributed by atoms with Crippen LogP contribution in [0.4, 0.5) is 13.2 Å². The Labute approximate surface area is 123 Å². The van der Waals surface area contributed by atoms with Gasteiger partial charge in [-0.3, -0.25) is 0 Å². The Balaban J connectivity index is 2.00. The third-order valence-corrected chi connectivity index (χ3v) is 4.07. The second-order valence-corrected chi connectivity index (χ2v) is 5.66. The van der Waals surface area contributed by atoms with E-state index >= 15 is 0 Å². The second kappa shape index (κ2) is 6.77. The predicted octanol–water partition coefficient (Wildman–Crippen LogP) is 2.00. The standard InChI is InChI=1S/C15H22F3N3/c1-20-6-8-21(9-7-20)11-13(10-19)12-2-4-14(5-3-12)15(16,17)18/h2-5,13H,6-11,19H2,1H3. The van der Waals surface area contributed by atoms with Crippen LogP contribution in [-0.2, 0) is 6.18 Å². The van der Waals surface area contributed by atoms with E-state index in [2.05, 4.69) is 16.8 Å². The Bertz CT molecular complexity index is 436. The van der Waals surface area contributed by atoms with E-state index in [1.54, 1.807) is 12.1 Å². The lowest BCUT2D eigenvalue weighted by molar-refractivity contribution is -0.137. The zero-order valence-electron chi connectivity index (χ0n) is 12.2. The molecule has 0 radical (unpaired) electrons. The first-order valence-corrected chi connectivity index (χ1v) is 7.18. The molecule has 1 heterocycles. The normalized spacial score (nSPS) is 19.7. The molecule has 0 saturated carbocycles. The fourth-order valence-corrected chi connectivity index (χ4v) is 2.60. The summed E-state index contributed by atoms with van der Waals surface area (Å²) in [6.07, 6.45) is -4.28. The molecule has 1 aromatic rings. The maximum absolute atomic E-state index is 12.6. The molecule has 1 aliphatic heterocycles. The van der Waals surface area contributed by atoms with Gasteiger partial charge >= 0.3 is 6.18 Å². The van der Waals surface area contributed by atoms with Gasteiger partial charge in [0.25, 0.3) is 0 Å². The molecule has 2 rings (SSSR count). The Morgan fingerprint density at radius 1 is 1.10 bits per heavy atom. The van der Waals surface area contributed by atoms with Crippen LogP contribution in [0.25, 0.3) is 0 Å². The van der Waals surface area contributed by atoms with Crippen molar-refractivity contribution in [1.82, 2.24) is 9.80 Å². The van der Waals surface area contributed by atoms with Crippen LogP contribution >= 0.6 is 0 Å². The summed E-state index contributed by atoms with van der Waals surface area (Å²) >= 11 is 0. The van der Waals surface area contributed by atoms with E-state index in [1.807, 2.05) is 0 Å². The monoisotopic (exact) mass is 301 g/mol. The quantitative estimate of drug-likeness (QED) is 0.923. The van der Waals surface area contributed by atoms with Gasteiger partial charge in [0, 0.05) is 45.2 Å². The molecule has 6 heteroatoms. The van der Waals surface area contributed by atoms with E-state index < -0.39 is 11.7 Å². The zero-order valence-corrected chi connectivity index (χ0v) is 12.2. The number of piperazine rings is 1. The van der Waals surface area contributed by atoms with Gasteiger partial charge in [-0.15, -0.1) is 0 Å². The van der Waals surface area contributed by atoms with Gasteiger partial charge in [-0.1, -0.05) is 12.1 Å². The van der Waals surface area contributed by atoms with Crippen LogP contribution in [0.2, 0.25) is 0 Å². The molecule has 0 aliphatic carbocycles. The van der Waals surface area contributed by atoms with Gasteiger partial charge in [0.15, 0.2) is 0 Å². The minimum atomic E-state index is -4.28. The molecule has 3 nitrogen and oxygen atoms in total. The van der Waals surface area contributed by atoms with Crippen molar-refractivity contribution in [1.29, 1.82) is 0 Å². The highest BCUT2D eigenvalue weighted by molar-refractivity contribution is 5.27. The lowest BCUT2D eigenvalue weighted by Crippen LogP contribution is -2.46. The molecule has 1 atom stereocenters. The first-order chi connectivity index (χ1) is 9.90. The lowest BCUT2D eigenvalue weighted by atomic mass is 9.97. The Morgan fingerprint density at radius 3 is 2.14 bits per heavy atom. The number of likely N-dealkylation sites (N-methyl/N-ethyl adjacent to an activating group) is 1. The second-order valence-electron chi connectivity index (χ2n) is 5.66. The van der Waals surface area contributed by atoms with Crippen molar-refractivity contribution in [2.75, 3.05) is 46.3 Å². The first kappa shape index (κ1) is 16.3. The van der Waals surface area contributed by atoms with Crippen LogP contribution < -0.4 is 5.73 Å². The van der Waals surface area contributed by atoms with Crippen molar-refractivity contribution in [3.8, 4) is 0 Å². The number of nitrogens with zero attached hydrogens (tertiary/aromatic N) is 2. The number of hydrogen-bond donors (Lipinski definition) is 1. The van der Waals surface area contributed by atoms with Crippen molar-refractivity contribution in [3.05, 3.63) is 35.4 Å². The van der Waals surface area contributed by atoms with Gasteiger partial charge in [-0.2, -0.15) is 13.2 Å². The van der Waals surface area contributed by atoms with Crippen molar-refractivity contribution in [2.24, 2.45) is 5.73 Å². The van der Waals surface area contributed by atoms with E-state index in [9.17, 15) is 13.2 Å². The largest absolute Gasteiger partial charge is 0.416 e. The summed E-state index contributed by atoms with van der Waals surface area (Å²) in [6.45, 7) is 5.24. The zero-order chi connectivity index (χ0) is 15.5. The summed E-state index contributed by atoms with van der Waals surface area (Å²) in [6, 6.07) is 5.39. The summed E-state index contributed by atoms with van der Waals surface area (Å²) in [5.41, 5.74) is 6.08. The molecule has 0 aromatic heterocycles. The number of alkyl halides is 3. The molecule has 1 aliphatic rings. The molecule has 1 saturated heterocycles. The van der Waals surface area contributed by atoms with E-state index in [0.29, 0.717) is 6.54 Å². The van der Waals surface area contributed by atoms with Gasteiger partial charge < -0.3 is 15.5 Å². The molecule has 1 unspecified atom stereocenters. The minimum Gasteiger partial charge on any atom is -0.330 e. The van der Waals surface area contributed by atoms with Crippen LogP contribution in [0.15, 0.2) is 24.3 Å². The number of nitrogens with two attached hydrogens (primary N) is 1. The van der Waals surface area contributed by atoms with Gasteiger partial charge in [-0.25, -0.2) is 0 Å². The van der Waals surface area contributed by atoms with Crippen LogP contribution in [0.5, 0.6) is 0 Å². The molecular formula is C15H22F3N3. The lowest BCUT2D eigenvalue weighted by Gasteiger charge is -2.34. The molecule has 0 spiro atoms. The van der Waals surface area contributed by atoms with E-state index in [-0.39, 0.29) is 5.92 Å². The molecule has 2 N–H and O–H groups in total. The third kappa shape index (κ3) is 4.43. The van der Waals surface area contributed by atoms with E-state index in [0.717, 1.165) is 50.4 Å². The Morgan fingerprint density at radius 2 is 1.67 bits per heavy atom. The minimum absolute atomic E-state index is 0.0793. The van der Waals surface area contributed by atoms with Crippen LogP contribution in [0.3, 0.4) is 0 Å². The number of benzene rings is 1. The Kier molecular flexibility index (Phi) is 5.24. The Hall–Kier alpha value is -1.11. The maximum Gasteiger partial charge on any atom is 0.416 e. The molecule has 1 aromatic carbocycles. The number of hydrogen-bond acceptors (Lipinski definition) is 3. The van der Waals surface area contributed by atoms with Crippen molar-refractivity contribution < 1.29 is 13.2 Å². The van der Waals surface area contributed by atoms with Gasteiger partial charge in [0.05, 0.1) is 5.56 Å². The highest BCUT2D eigenvalue weighted by Crippen LogP contribution is 2.30. The van der Waals surface area contributed by atoms with Gasteiger partial charge in [-0.05, 0) is 24.7 Å². The van der Waals surface area contributed by atoms with E-state index in [1.165, 1.54) is 0 Å². The van der Waals surface area contributed by atoms with Crippen LogP contribution in [0, 0.1) is 0 Å². The highest BCUT2D eigenvalue weighted by atomic mass is 19.4. The fourth-order valence-electron chi connectivity index (χ4n) is 2.60. The average molecular weight is 301 g/mol. The fraction of sp³-hybridized carbons (Fsp3) is 0.600. The summed E-state index contributed by atoms with van der Waals surface area (Å²) in [5, 5.41) is 0. The molecular weight excluding hydrogens is 279 g/mol. The predicted molar refractivity (Wildman–Crippen MR) is 77.2 cm³/mol. The van der Waals surface area contributed by atoms with Crippen LogP contribution in [-0.4, -0.2) is 56.1 Å². The molecule has 21 heavy (non-hydrogen) atoms. The summed E-state index contributed by atoms with van der Waals surface area (Å²) in [5.74, 6) is 0.0793. The SMILES string of the molecule is CN1CCN(CC(CN)c2ccc(C(F)(F)F)cc2)CC1. The smallest absolute Gasteiger partial charge is 0.330 e. The number of halogens is 3. The highest BCUT2D eigenvalue weighted by Gasteiger charge is 2.30. The van der Waals surface area contributed by atoms with Crippen LogP contribution in [0.1, 0.15) is 17.0 Å². The average Bonchev–Trinajstić information content (AvgIpc) is 2.46. The van der Waals surface area contributed by atoms with Crippen molar-refractivity contribution in [2.45, 2.75) is 12.1 Å². The summed E-state index contributed by atoms with van der Waals surface area (Å²) < 4.78 is 37.7.